The smallest absolute Gasteiger partial charge is 0.137 e. The number of aromatic nitrogens is 1. The predicted molar refractivity (Wildman–Crippen MR) is 86.9 cm³/mol. The molecular weight excluding hydrogens is 284 g/mol. The molecule has 1 aromatic carbocycles. The molecule has 112 valence electrons. The zero-order valence-corrected chi connectivity index (χ0v) is 13.1. The number of ether oxygens (including phenoxy) is 1. The van der Waals surface area contributed by atoms with Crippen molar-refractivity contribution in [2.75, 3.05) is 13.2 Å². The summed E-state index contributed by atoms with van der Waals surface area (Å²) in [6.45, 7) is 4.57. The van der Waals surface area contributed by atoms with Crippen molar-refractivity contribution in [1.82, 2.24) is 10.3 Å². The average Bonchev–Trinajstić information content (AvgIpc) is 2.51. The van der Waals surface area contributed by atoms with Gasteiger partial charge in [0.15, 0.2) is 0 Å². The van der Waals surface area contributed by atoms with Crippen molar-refractivity contribution < 1.29 is 4.74 Å². The second-order valence-electron chi connectivity index (χ2n) is 4.86. The van der Waals surface area contributed by atoms with Gasteiger partial charge in [-0.05, 0) is 42.8 Å². The van der Waals surface area contributed by atoms with E-state index < -0.39 is 0 Å². The molecule has 0 amide bonds. The second-order valence-corrected chi connectivity index (χ2v) is 5.27. The Kier molecular flexibility index (Phi) is 6.51. The molecular formula is C17H21ClN2O. The molecule has 1 heterocycles. The molecule has 3 nitrogen and oxygen atoms in total. The largest absolute Gasteiger partial charge is 0.492 e. The summed E-state index contributed by atoms with van der Waals surface area (Å²) < 4.78 is 5.73. The minimum Gasteiger partial charge on any atom is -0.492 e. The topological polar surface area (TPSA) is 34.1 Å². The number of nitrogens with zero attached hydrogens (tertiary/aromatic N) is 1. The van der Waals surface area contributed by atoms with Crippen molar-refractivity contribution in [1.29, 1.82) is 0 Å². The Morgan fingerprint density at radius 2 is 2.14 bits per heavy atom. The van der Waals surface area contributed by atoms with Crippen molar-refractivity contribution in [2.45, 2.75) is 26.3 Å². The van der Waals surface area contributed by atoms with Crippen LogP contribution in [0, 0.1) is 0 Å². The van der Waals surface area contributed by atoms with E-state index >= 15 is 0 Å². The lowest BCUT2D eigenvalue weighted by Gasteiger charge is -2.10. The first-order chi connectivity index (χ1) is 10.3. The number of pyridine rings is 1. The molecule has 0 radical (unpaired) electrons. The Labute approximate surface area is 131 Å². The zero-order valence-electron chi connectivity index (χ0n) is 12.3. The second kappa shape index (κ2) is 8.65. The summed E-state index contributed by atoms with van der Waals surface area (Å²) in [5, 5.41) is 4.01. The molecule has 21 heavy (non-hydrogen) atoms. The van der Waals surface area contributed by atoms with E-state index in [1.54, 1.807) is 6.20 Å². The van der Waals surface area contributed by atoms with Crippen LogP contribution in [0.5, 0.6) is 5.75 Å². The maximum Gasteiger partial charge on any atom is 0.137 e. The lowest BCUT2D eigenvalue weighted by Crippen LogP contribution is -2.13. The van der Waals surface area contributed by atoms with Crippen molar-refractivity contribution in [3.05, 3.63) is 58.9 Å². The number of benzene rings is 1. The molecule has 0 atom stereocenters. The number of hydrogen-bond acceptors (Lipinski definition) is 3. The number of nitrogens with one attached hydrogen (secondary N) is 1. The first-order valence-electron chi connectivity index (χ1n) is 7.31. The fourth-order valence-corrected chi connectivity index (χ4v) is 2.25. The maximum atomic E-state index is 6.26. The van der Waals surface area contributed by atoms with E-state index in [-0.39, 0.29) is 0 Å². The first-order valence-corrected chi connectivity index (χ1v) is 7.69. The van der Waals surface area contributed by atoms with E-state index in [1.165, 1.54) is 5.56 Å². The minimum atomic E-state index is 0.574. The fourth-order valence-electron chi connectivity index (χ4n) is 1.99. The number of hydrogen-bond donors (Lipinski definition) is 1. The van der Waals surface area contributed by atoms with E-state index in [0.717, 1.165) is 37.4 Å². The molecule has 0 spiro atoms. The summed E-state index contributed by atoms with van der Waals surface area (Å²) in [4.78, 5) is 4.27. The van der Waals surface area contributed by atoms with Gasteiger partial charge in [0.2, 0.25) is 0 Å². The molecule has 0 saturated carbocycles. The van der Waals surface area contributed by atoms with Crippen molar-refractivity contribution >= 4 is 11.6 Å². The van der Waals surface area contributed by atoms with E-state index in [1.807, 2.05) is 36.4 Å². The fraction of sp³-hybridized carbons (Fsp3) is 0.353. The summed E-state index contributed by atoms with van der Waals surface area (Å²) in [5.41, 5.74) is 2.19. The van der Waals surface area contributed by atoms with Crippen LogP contribution >= 0.6 is 11.6 Å². The van der Waals surface area contributed by atoms with Crippen LogP contribution in [0.3, 0.4) is 0 Å². The van der Waals surface area contributed by atoms with Gasteiger partial charge in [0.05, 0.1) is 11.6 Å². The molecule has 1 aromatic heterocycles. The molecule has 0 saturated heterocycles. The number of rotatable bonds is 8. The van der Waals surface area contributed by atoms with Gasteiger partial charge in [-0.2, -0.15) is 0 Å². The molecule has 4 heteroatoms. The Balaban J connectivity index is 1.83. The average molecular weight is 305 g/mol. The zero-order chi connectivity index (χ0) is 14.9. The van der Waals surface area contributed by atoms with E-state index in [2.05, 4.69) is 17.2 Å². The molecule has 0 aliphatic rings. The first kappa shape index (κ1) is 15.8. The lowest BCUT2D eigenvalue weighted by atomic mass is 10.2. The summed E-state index contributed by atoms with van der Waals surface area (Å²) in [5.74, 6) is 0.729. The molecule has 0 aliphatic heterocycles. The molecule has 0 bridgehead atoms. The summed E-state index contributed by atoms with van der Waals surface area (Å²) in [7, 11) is 0. The van der Waals surface area contributed by atoms with Crippen LogP contribution in [0.15, 0.2) is 42.6 Å². The third kappa shape index (κ3) is 5.37. The third-order valence-electron chi connectivity index (χ3n) is 3.09. The SMILES string of the molecule is CCCNCc1ccc(OCCc2ccccn2)c(Cl)c1. The monoisotopic (exact) mass is 304 g/mol. The van der Waals surface area contributed by atoms with E-state index in [9.17, 15) is 0 Å². The van der Waals surface area contributed by atoms with E-state index in [0.29, 0.717) is 11.6 Å². The molecule has 0 aliphatic carbocycles. The van der Waals surface area contributed by atoms with Crippen LogP contribution in [0.1, 0.15) is 24.6 Å². The number of halogens is 1. The summed E-state index contributed by atoms with van der Waals surface area (Å²) in [6, 6.07) is 11.8. The van der Waals surface area contributed by atoms with Gasteiger partial charge >= 0.3 is 0 Å². The minimum absolute atomic E-state index is 0.574. The highest BCUT2D eigenvalue weighted by Crippen LogP contribution is 2.25. The molecule has 2 aromatic rings. The molecule has 1 N–H and O–H groups in total. The van der Waals surface area contributed by atoms with Crippen molar-refractivity contribution in [3.8, 4) is 5.75 Å². The van der Waals surface area contributed by atoms with Crippen LogP contribution in [0.25, 0.3) is 0 Å². The molecule has 2 rings (SSSR count). The van der Waals surface area contributed by atoms with Gasteiger partial charge < -0.3 is 10.1 Å². The normalized spacial score (nSPS) is 10.6. The Morgan fingerprint density at radius 3 is 2.86 bits per heavy atom. The van der Waals surface area contributed by atoms with Crippen LogP contribution in [-0.2, 0) is 13.0 Å². The highest BCUT2D eigenvalue weighted by Gasteiger charge is 2.03. The standard InChI is InChI=1S/C17H21ClN2O/c1-2-9-19-13-14-6-7-17(16(18)12-14)21-11-8-15-5-3-4-10-20-15/h3-7,10,12,19H,2,8-9,11,13H2,1H3. The summed E-state index contributed by atoms with van der Waals surface area (Å²) in [6.07, 6.45) is 3.69. The quantitative estimate of drug-likeness (QED) is 0.752. The highest BCUT2D eigenvalue weighted by atomic mass is 35.5. The van der Waals surface area contributed by atoms with Gasteiger partial charge in [-0.3, -0.25) is 4.98 Å². The lowest BCUT2D eigenvalue weighted by molar-refractivity contribution is 0.320. The molecule has 0 fully saturated rings. The Hall–Kier alpha value is -1.58. The Morgan fingerprint density at radius 1 is 1.24 bits per heavy atom. The molecule has 0 unspecified atom stereocenters. The summed E-state index contributed by atoms with van der Waals surface area (Å²) >= 11 is 6.26. The van der Waals surface area contributed by atoms with Gasteiger partial charge in [0.1, 0.15) is 5.75 Å². The van der Waals surface area contributed by atoms with E-state index in [4.69, 9.17) is 16.3 Å². The van der Waals surface area contributed by atoms with Gasteiger partial charge in [0, 0.05) is 24.9 Å². The van der Waals surface area contributed by atoms with Gasteiger partial charge in [-0.25, -0.2) is 0 Å². The highest BCUT2D eigenvalue weighted by molar-refractivity contribution is 6.32. The van der Waals surface area contributed by atoms with Crippen molar-refractivity contribution in [3.63, 3.8) is 0 Å². The van der Waals surface area contributed by atoms with Gasteiger partial charge in [0.25, 0.3) is 0 Å². The third-order valence-corrected chi connectivity index (χ3v) is 3.39. The Bertz CT molecular complexity index is 546. The van der Waals surface area contributed by atoms with Crippen molar-refractivity contribution in [2.24, 2.45) is 0 Å². The van der Waals surface area contributed by atoms with Gasteiger partial charge in [-0.15, -0.1) is 0 Å². The van der Waals surface area contributed by atoms with Crippen LogP contribution in [0.4, 0.5) is 0 Å². The van der Waals surface area contributed by atoms with Crippen LogP contribution < -0.4 is 10.1 Å². The van der Waals surface area contributed by atoms with Gasteiger partial charge in [-0.1, -0.05) is 30.7 Å². The predicted octanol–water partition coefficient (Wildman–Crippen LogP) is 3.86. The van der Waals surface area contributed by atoms with Crippen LogP contribution in [0.2, 0.25) is 5.02 Å². The van der Waals surface area contributed by atoms with Crippen LogP contribution in [-0.4, -0.2) is 18.1 Å². The maximum absolute atomic E-state index is 6.26.